The average Bonchev–Trinajstić information content (AvgIpc) is 2.38. The van der Waals surface area contributed by atoms with E-state index < -0.39 is 0 Å². The summed E-state index contributed by atoms with van der Waals surface area (Å²) in [5.41, 5.74) is 6.95. The number of amides is 1. The lowest BCUT2D eigenvalue weighted by Crippen LogP contribution is -2.27. The number of nitrogens with two attached hydrogens (primary N) is 1. The molecule has 0 saturated carbocycles. The lowest BCUT2D eigenvalue weighted by atomic mass is 10.1. The highest BCUT2D eigenvalue weighted by molar-refractivity contribution is 6.08. The number of phenols is 1. The number of pyridine rings is 1. The van der Waals surface area contributed by atoms with Gasteiger partial charge in [-0.05, 0) is 18.2 Å². The molecule has 0 radical (unpaired) electrons. The van der Waals surface area contributed by atoms with Crippen molar-refractivity contribution in [3.05, 3.63) is 48.3 Å². The van der Waals surface area contributed by atoms with Gasteiger partial charge in [-0.3, -0.25) is 9.78 Å². The molecule has 0 spiro atoms. The third-order valence-electron chi connectivity index (χ3n) is 2.63. The lowest BCUT2D eigenvalue weighted by molar-refractivity contribution is 0.0990. The van der Waals surface area contributed by atoms with Crippen molar-refractivity contribution in [2.75, 3.05) is 17.7 Å². The standard InChI is InChI=1S/C13H13N3O2/c1-16(11-6-7-15-8-10(11)14)13(18)9-4-2-3-5-12(9)17/h2-8,17H,14H2,1H3. The van der Waals surface area contributed by atoms with Gasteiger partial charge in [0.25, 0.3) is 5.91 Å². The van der Waals surface area contributed by atoms with Gasteiger partial charge in [-0.15, -0.1) is 0 Å². The Kier molecular flexibility index (Phi) is 3.14. The van der Waals surface area contributed by atoms with E-state index in [0.29, 0.717) is 11.4 Å². The molecule has 0 bridgehead atoms. The number of carbonyl (C=O) groups excluding carboxylic acids is 1. The number of para-hydroxylation sites is 1. The molecule has 5 heteroatoms. The van der Waals surface area contributed by atoms with Gasteiger partial charge in [-0.25, -0.2) is 0 Å². The minimum atomic E-state index is -0.328. The van der Waals surface area contributed by atoms with Crippen molar-refractivity contribution in [3.63, 3.8) is 0 Å². The Morgan fingerprint density at radius 2 is 2.06 bits per heavy atom. The second-order valence-corrected chi connectivity index (χ2v) is 3.82. The van der Waals surface area contributed by atoms with E-state index in [4.69, 9.17) is 5.73 Å². The molecule has 2 rings (SSSR count). The number of phenolic OH excluding ortho intramolecular Hbond substituents is 1. The van der Waals surface area contributed by atoms with Gasteiger partial charge in [0, 0.05) is 13.2 Å². The molecule has 1 aromatic heterocycles. The number of nitrogens with zero attached hydrogens (tertiary/aromatic N) is 2. The quantitative estimate of drug-likeness (QED) is 0.840. The van der Waals surface area contributed by atoms with Crippen molar-refractivity contribution >= 4 is 17.3 Å². The Morgan fingerprint density at radius 3 is 2.72 bits per heavy atom. The van der Waals surface area contributed by atoms with E-state index in [2.05, 4.69) is 4.98 Å². The van der Waals surface area contributed by atoms with E-state index in [0.717, 1.165) is 0 Å². The highest BCUT2D eigenvalue weighted by Crippen LogP contribution is 2.24. The number of aromatic nitrogens is 1. The molecule has 2 aromatic rings. The van der Waals surface area contributed by atoms with Gasteiger partial charge in [0.05, 0.1) is 23.1 Å². The number of carbonyl (C=O) groups is 1. The Bertz CT molecular complexity index is 584. The van der Waals surface area contributed by atoms with Crippen LogP contribution in [0.4, 0.5) is 11.4 Å². The fraction of sp³-hybridized carbons (Fsp3) is 0.0769. The molecule has 0 aliphatic heterocycles. The van der Waals surface area contributed by atoms with Crippen LogP contribution in [0.1, 0.15) is 10.4 Å². The number of hydrogen-bond acceptors (Lipinski definition) is 4. The highest BCUT2D eigenvalue weighted by Gasteiger charge is 2.18. The number of aromatic hydroxyl groups is 1. The van der Waals surface area contributed by atoms with Gasteiger partial charge in [-0.2, -0.15) is 0 Å². The van der Waals surface area contributed by atoms with Crippen molar-refractivity contribution in [2.45, 2.75) is 0 Å². The van der Waals surface area contributed by atoms with Gasteiger partial charge >= 0.3 is 0 Å². The molecule has 3 N–H and O–H groups in total. The van der Waals surface area contributed by atoms with E-state index in [-0.39, 0.29) is 17.2 Å². The first kappa shape index (κ1) is 11.9. The molecule has 0 atom stereocenters. The lowest BCUT2D eigenvalue weighted by Gasteiger charge is -2.19. The first-order valence-corrected chi connectivity index (χ1v) is 5.37. The van der Waals surface area contributed by atoms with Gasteiger partial charge in [0.15, 0.2) is 0 Å². The summed E-state index contributed by atoms with van der Waals surface area (Å²) in [6.45, 7) is 0. The smallest absolute Gasteiger partial charge is 0.261 e. The topological polar surface area (TPSA) is 79.5 Å². The number of benzene rings is 1. The predicted octanol–water partition coefficient (Wildman–Crippen LogP) is 1.65. The van der Waals surface area contributed by atoms with E-state index in [9.17, 15) is 9.90 Å². The molecule has 5 nitrogen and oxygen atoms in total. The summed E-state index contributed by atoms with van der Waals surface area (Å²) in [6.07, 6.45) is 3.03. The Balaban J connectivity index is 2.36. The van der Waals surface area contributed by atoms with Crippen molar-refractivity contribution in [1.29, 1.82) is 0 Å². The Hall–Kier alpha value is -2.56. The summed E-state index contributed by atoms with van der Waals surface area (Å²) in [5, 5.41) is 9.65. The first-order valence-electron chi connectivity index (χ1n) is 5.37. The van der Waals surface area contributed by atoms with Gasteiger partial charge in [0.2, 0.25) is 0 Å². The van der Waals surface area contributed by atoms with Crippen molar-refractivity contribution in [3.8, 4) is 5.75 Å². The molecule has 0 aliphatic rings. The molecule has 0 unspecified atom stereocenters. The van der Waals surface area contributed by atoms with Crippen LogP contribution in [0.25, 0.3) is 0 Å². The van der Waals surface area contributed by atoms with Crippen LogP contribution in [0.3, 0.4) is 0 Å². The fourth-order valence-electron chi connectivity index (χ4n) is 1.65. The molecule has 0 saturated heterocycles. The number of anilines is 2. The third kappa shape index (κ3) is 2.10. The van der Waals surface area contributed by atoms with Crippen LogP contribution in [0, 0.1) is 0 Å². The minimum absolute atomic E-state index is 0.0537. The van der Waals surface area contributed by atoms with Crippen LogP contribution >= 0.6 is 0 Å². The number of nitrogen functional groups attached to an aromatic ring is 1. The molecule has 92 valence electrons. The molecule has 0 fully saturated rings. The first-order chi connectivity index (χ1) is 8.61. The molecular formula is C13H13N3O2. The summed E-state index contributed by atoms with van der Waals surface area (Å²) >= 11 is 0. The van der Waals surface area contributed by atoms with Crippen LogP contribution in [0.2, 0.25) is 0 Å². The zero-order chi connectivity index (χ0) is 13.1. The minimum Gasteiger partial charge on any atom is -0.507 e. The normalized spacial score (nSPS) is 10.1. The summed E-state index contributed by atoms with van der Waals surface area (Å²) in [4.78, 5) is 17.5. The maximum absolute atomic E-state index is 12.2. The van der Waals surface area contributed by atoms with Crippen LogP contribution in [-0.4, -0.2) is 23.0 Å². The van der Waals surface area contributed by atoms with E-state index >= 15 is 0 Å². The molecule has 1 heterocycles. The van der Waals surface area contributed by atoms with Gasteiger partial charge in [0.1, 0.15) is 5.75 Å². The summed E-state index contributed by atoms with van der Waals surface area (Å²) < 4.78 is 0. The Labute approximate surface area is 104 Å². The van der Waals surface area contributed by atoms with Crippen molar-refractivity contribution in [2.24, 2.45) is 0 Å². The SMILES string of the molecule is CN(C(=O)c1ccccc1O)c1ccncc1N. The molecule has 1 aromatic carbocycles. The summed E-state index contributed by atoms with van der Waals surface area (Å²) in [5.74, 6) is -0.382. The van der Waals surface area contributed by atoms with E-state index in [1.54, 1.807) is 37.5 Å². The predicted molar refractivity (Wildman–Crippen MR) is 69.5 cm³/mol. The zero-order valence-electron chi connectivity index (χ0n) is 9.87. The van der Waals surface area contributed by atoms with Crippen LogP contribution < -0.4 is 10.6 Å². The number of rotatable bonds is 2. The largest absolute Gasteiger partial charge is 0.507 e. The molecule has 1 amide bonds. The highest BCUT2D eigenvalue weighted by atomic mass is 16.3. The average molecular weight is 243 g/mol. The second kappa shape index (κ2) is 4.75. The van der Waals surface area contributed by atoms with E-state index in [1.807, 2.05) is 0 Å². The molecule has 0 aliphatic carbocycles. The van der Waals surface area contributed by atoms with Gasteiger partial charge < -0.3 is 15.7 Å². The monoisotopic (exact) mass is 243 g/mol. The maximum atomic E-state index is 12.2. The maximum Gasteiger partial charge on any atom is 0.261 e. The fourth-order valence-corrected chi connectivity index (χ4v) is 1.65. The molecular weight excluding hydrogens is 230 g/mol. The van der Waals surface area contributed by atoms with Crippen molar-refractivity contribution < 1.29 is 9.90 Å². The van der Waals surface area contributed by atoms with Crippen LogP contribution in [0.15, 0.2) is 42.7 Å². The third-order valence-corrected chi connectivity index (χ3v) is 2.63. The van der Waals surface area contributed by atoms with Crippen LogP contribution in [-0.2, 0) is 0 Å². The Morgan fingerprint density at radius 1 is 1.33 bits per heavy atom. The van der Waals surface area contributed by atoms with Crippen molar-refractivity contribution in [1.82, 2.24) is 4.98 Å². The summed E-state index contributed by atoms with van der Waals surface area (Å²) in [7, 11) is 1.60. The molecule has 18 heavy (non-hydrogen) atoms. The van der Waals surface area contributed by atoms with Gasteiger partial charge in [-0.1, -0.05) is 12.1 Å². The summed E-state index contributed by atoms with van der Waals surface area (Å²) in [6, 6.07) is 8.03. The zero-order valence-corrected chi connectivity index (χ0v) is 9.87. The number of hydrogen-bond donors (Lipinski definition) is 2. The van der Waals surface area contributed by atoms with Crippen LogP contribution in [0.5, 0.6) is 5.75 Å². The van der Waals surface area contributed by atoms with E-state index in [1.165, 1.54) is 17.2 Å². The second-order valence-electron chi connectivity index (χ2n) is 3.82.